The molecule has 2 aliphatic heterocycles. The molecule has 31 heavy (non-hydrogen) atoms. The number of carbonyl (C=O) groups excluding carboxylic acids is 1. The number of morpholine rings is 1. The minimum absolute atomic E-state index is 0. The van der Waals surface area contributed by atoms with Gasteiger partial charge in [0.25, 0.3) is 0 Å². The third-order valence-electron chi connectivity index (χ3n) is 5.72. The number of amides is 1. The normalized spacial score (nSPS) is 18.3. The van der Waals surface area contributed by atoms with E-state index in [4.69, 9.17) is 9.73 Å². The second-order valence-corrected chi connectivity index (χ2v) is 8.48. The lowest BCUT2D eigenvalue weighted by Crippen LogP contribution is -2.50. The zero-order valence-corrected chi connectivity index (χ0v) is 21.5. The maximum Gasteiger partial charge on any atom is 0.225 e. The SMILES string of the molecule is CCc1nncn1CCNC(=NCC(C)C)N1CCC(C(=O)N2CCOCC2)CC1.I. The van der Waals surface area contributed by atoms with E-state index < -0.39 is 0 Å². The number of likely N-dealkylation sites (tertiary alicyclic amines) is 1. The predicted octanol–water partition coefficient (Wildman–Crippen LogP) is 1.63. The molecular weight excluding hydrogens is 509 g/mol. The van der Waals surface area contributed by atoms with Gasteiger partial charge in [0.05, 0.1) is 13.2 Å². The van der Waals surface area contributed by atoms with Crippen LogP contribution in [0.25, 0.3) is 0 Å². The fourth-order valence-corrected chi connectivity index (χ4v) is 3.94. The molecule has 1 aromatic heterocycles. The number of halogens is 1. The number of piperidine rings is 1. The molecule has 9 nitrogen and oxygen atoms in total. The summed E-state index contributed by atoms with van der Waals surface area (Å²) in [6, 6.07) is 0. The van der Waals surface area contributed by atoms with Gasteiger partial charge in [0.2, 0.25) is 5.91 Å². The molecule has 2 saturated heterocycles. The molecule has 3 rings (SSSR count). The Labute approximate surface area is 203 Å². The minimum atomic E-state index is 0. The van der Waals surface area contributed by atoms with Crippen LogP contribution in [0, 0.1) is 11.8 Å². The Balaban J connectivity index is 0.00000341. The first kappa shape index (κ1) is 25.8. The topological polar surface area (TPSA) is 87.9 Å². The zero-order chi connectivity index (χ0) is 21.3. The van der Waals surface area contributed by atoms with Crippen LogP contribution in [0.2, 0.25) is 0 Å². The number of hydrogen-bond donors (Lipinski definition) is 1. The smallest absolute Gasteiger partial charge is 0.225 e. The third kappa shape index (κ3) is 7.58. The van der Waals surface area contributed by atoms with Crippen molar-refractivity contribution in [1.82, 2.24) is 29.9 Å². The molecule has 0 atom stereocenters. The lowest BCUT2D eigenvalue weighted by atomic mass is 9.95. The number of aryl methyl sites for hydroxylation is 1. The molecule has 2 fully saturated rings. The van der Waals surface area contributed by atoms with Gasteiger partial charge < -0.3 is 24.4 Å². The first-order valence-corrected chi connectivity index (χ1v) is 11.3. The van der Waals surface area contributed by atoms with Crippen molar-refractivity contribution in [3.8, 4) is 0 Å². The summed E-state index contributed by atoms with van der Waals surface area (Å²) in [6.07, 6.45) is 4.42. The molecular formula is C21H38IN7O2. The highest BCUT2D eigenvalue weighted by atomic mass is 127. The van der Waals surface area contributed by atoms with Gasteiger partial charge in [0.1, 0.15) is 12.2 Å². The second-order valence-electron chi connectivity index (χ2n) is 8.48. The van der Waals surface area contributed by atoms with Crippen molar-refractivity contribution in [3.63, 3.8) is 0 Å². The van der Waals surface area contributed by atoms with Crippen molar-refractivity contribution < 1.29 is 9.53 Å². The lowest BCUT2D eigenvalue weighted by molar-refractivity contribution is -0.140. The molecule has 1 amide bonds. The highest BCUT2D eigenvalue weighted by Gasteiger charge is 2.30. The number of guanidine groups is 1. The molecule has 1 N–H and O–H groups in total. The fraction of sp³-hybridized carbons (Fsp3) is 0.810. The van der Waals surface area contributed by atoms with Crippen LogP contribution in [-0.4, -0.2) is 88.9 Å². The van der Waals surface area contributed by atoms with Crippen LogP contribution in [0.5, 0.6) is 0 Å². The van der Waals surface area contributed by atoms with Gasteiger partial charge in [-0.2, -0.15) is 0 Å². The van der Waals surface area contributed by atoms with Crippen molar-refractivity contribution in [2.24, 2.45) is 16.8 Å². The molecule has 0 unspecified atom stereocenters. The van der Waals surface area contributed by atoms with Crippen molar-refractivity contribution >= 4 is 35.8 Å². The number of nitrogens with zero attached hydrogens (tertiary/aromatic N) is 6. The summed E-state index contributed by atoms with van der Waals surface area (Å²) in [5, 5.41) is 11.7. The highest BCUT2D eigenvalue weighted by Crippen LogP contribution is 2.20. The van der Waals surface area contributed by atoms with Crippen LogP contribution in [-0.2, 0) is 22.5 Å². The summed E-state index contributed by atoms with van der Waals surface area (Å²) in [5.41, 5.74) is 0. The molecule has 0 saturated carbocycles. The number of ether oxygens (including phenoxy) is 1. The molecule has 2 aliphatic rings. The Morgan fingerprint density at radius 1 is 1.23 bits per heavy atom. The van der Waals surface area contributed by atoms with Gasteiger partial charge in [-0.3, -0.25) is 9.79 Å². The highest BCUT2D eigenvalue weighted by molar-refractivity contribution is 14.0. The van der Waals surface area contributed by atoms with Gasteiger partial charge in [-0.05, 0) is 18.8 Å². The molecule has 10 heteroatoms. The molecule has 3 heterocycles. The lowest BCUT2D eigenvalue weighted by Gasteiger charge is -2.37. The van der Waals surface area contributed by atoms with Gasteiger partial charge in [0.15, 0.2) is 5.96 Å². The third-order valence-corrected chi connectivity index (χ3v) is 5.72. The Bertz CT molecular complexity index is 696. The van der Waals surface area contributed by atoms with E-state index in [1.807, 2.05) is 4.90 Å². The van der Waals surface area contributed by atoms with Crippen molar-refractivity contribution in [2.45, 2.75) is 46.6 Å². The Morgan fingerprint density at radius 3 is 2.58 bits per heavy atom. The van der Waals surface area contributed by atoms with Crippen LogP contribution in [0.4, 0.5) is 0 Å². The van der Waals surface area contributed by atoms with Crippen LogP contribution >= 0.6 is 24.0 Å². The monoisotopic (exact) mass is 547 g/mol. The number of rotatable bonds is 7. The van der Waals surface area contributed by atoms with E-state index in [1.54, 1.807) is 6.33 Å². The molecule has 1 aromatic rings. The van der Waals surface area contributed by atoms with Crippen LogP contribution in [0.3, 0.4) is 0 Å². The standard InChI is InChI=1S/C21H37N7O2.HI/c1-4-19-25-24-16-28(19)10-7-22-21(23-15-17(2)3)27-8-5-18(6-9-27)20(29)26-11-13-30-14-12-26;/h16-18H,4-15H2,1-3H3,(H,22,23);1H. The van der Waals surface area contributed by atoms with Crippen molar-refractivity contribution in [2.75, 3.05) is 52.5 Å². The average molecular weight is 547 g/mol. The maximum absolute atomic E-state index is 12.8. The van der Waals surface area contributed by atoms with Gasteiger partial charge in [-0.1, -0.05) is 20.8 Å². The second kappa shape index (κ2) is 13.2. The molecule has 176 valence electrons. The Hall–Kier alpha value is -1.43. The summed E-state index contributed by atoms with van der Waals surface area (Å²) in [6.45, 7) is 13.3. The van der Waals surface area contributed by atoms with Crippen molar-refractivity contribution in [1.29, 1.82) is 0 Å². The van der Waals surface area contributed by atoms with E-state index >= 15 is 0 Å². The summed E-state index contributed by atoms with van der Waals surface area (Å²) < 4.78 is 7.46. The molecule has 0 aliphatic carbocycles. The summed E-state index contributed by atoms with van der Waals surface area (Å²) >= 11 is 0. The predicted molar refractivity (Wildman–Crippen MR) is 132 cm³/mol. The van der Waals surface area contributed by atoms with E-state index in [1.165, 1.54) is 0 Å². The maximum atomic E-state index is 12.8. The van der Waals surface area contributed by atoms with E-state index in [-0.39, 0.29) is 29.9 Å². The number of hydrogen-bond acceptors (Lipinski definition) is 5. The van der Waals surface area contributed by atoms with Gasteiger partial charge in [-0.25, -0.2) is 0 Å². The van der Waals surface area contributed by atoms with E-state index in [0.717, 1.165) is 76.9 Å². The minimum Gasteiger partial charge on any atom is -0.378 e. The van der Waals surface area contributed by atoms with E-state index in [2.05, 4.69) is 45.8 Å². The number of carbonyl (C=O) groups is 1. The molecule has 0 aromatic carbocycles. The van der Waals surface area contributed by atoms with Gasteiger partial charge in [-0.15, -0.1) is 34.2 Å². The zero-order valence-electron chi connectivity index (χ0n) is 19.1. The summed E-state index contributed by atoms with van der Waals surface area (Å²) in [7, 11) is 0. The number of aliphatic imine (C=N–C) groups is 1. The van der Waals surface area contributed by atoms with E-state index in [0.29, 0.717) is 25.0 Å². The molecule has 0 spiro atoms. The molecule has 0 bridgehead atoms. The van der Waals surface area contributed by atoms with Crippen LogP contribution in [0.15, 0.2) is 11.3 Å². The first-order valence-electron chi connectivity index (χ1n) is 11.3. The number of nitrogens with one attached hydrogen (secondary N) is 1. The summed E-state index contributed by atoms with van der Waals surface area (Å²) in [4.78, 5) is 21.9. The van der Waals surface area contributed by atoms with Crippen LogP contribution < -0.4 is 5.32 Å². The fourth-order valence-electron chi connectivity index (χ4n) is 3.94. The van der Waals surface area contributed by atoms with E-state index in [9.17, 15) is 4.79 Å². The molecule has 0 radical (unpaired) electrons. The Kier molecular flexibility index (Phi) is 11.0. The largest absolute Gasteiger partial charge is 0.378 e. The van der Waals surface area contributed by atoms with Crippen molar-refractivity contribution in [3.05, 3.63) is 12.2 Å². The van der Waals surface area contributed by atoms with Crippen LogP contribution in [0.1, 0.15) is 39.4 Å². The average Bonchev–Trinajstić information content (AvgIpc) is 3.23. The number of aromatic nitrogens is 3. The first-order chi connectivity index (χ1) is 14.6. The quantitative estimate of drug-likeness (QED) is 0.317. The van der Waals surface area contributed by atoms with Gasteiger partial charge in [0, 0.05) is 58.2 Å². The summed E-state index contributed by atoms with van der Waals surface area (Å²) in [5.74, 6) is 2.87. The Morgan fingerprint density at radius 2 is 1.94 bits per heavy atom. The van der Waals surface area contributed by atoms with Gasteiger partial charge >= 0.3 is 0 Å².